The number of carbonyl (C=O) groups is 1. The van der Waals surface area contributed by atoms with Crippen LogP contribution in [0.2, 0.25) is 0 Å². The first-order chi connectivity index (χ1) is 10.1. The SMILES string of the molecule is CN(C)c1ccc(/C=C/C(=O)N2CCC(CO)CC2)cc1. The lowest BCUT2D eigenvalue weighted by molar-refractivity contribution is -0.127. The molecule has 1 aliphatic rings. The predicted octanol–water partition coefficient (Wildman–Crippen LogP) is 2.00. The van der Waals surface area contributed by atoms with Crippen LogP contribution >= 0.6 is 0 Å². The monoisotopic (exact) mass is 288 g/mol. The van der Waals surface area contributed by atoms with Crippen molar-refractivity contribution in [3.05, 3.63) is 35.9 Å². The molecule has 1 aromatic rings. The van der Waals surface area contributed by atoms with Crippen molar-refractivity contribution in [3.8, 4) is 0 Å². The van der Waals surface area contributed by atoms with Gasteiger partial charge >= 0.3 is 0 Å². The van der Waals surface area contributed by atoms with Crippen molar-refractivity contribution in [2.75, 3.05) is 38.7 Å². The summed E-state index contributed by atoms with van der Waals surface area (Å²) in [6.07, 6.45) is 5.30. The Kier molecular flexibility index (Phi) is 5.39. The predicted molar refractivity (Wildman–Crippen MR) is 86.2 cm³/mol. The van der Waals surface area contributed by atoms with Crippen LogP contribution in [0.15, 0.2) is 30.3 Å². The van der Waals surface area contributed by atoms with Gasteiger partial charge in [-0.2, -0.15) is 0 Å². The fourth-order valence-electron chi connectivity index (χ4n) is 2.49. The van der Waals surface area contributed by atoms with Gasteiger partial charge in [0.1, 0.15) is 0 Å². The summed E-state index contributed by atoms with van der Waals surface area (Å²) in [7, 11) is 4.01. The summed E-state index contributed by atoms with van der Waals surface area (Å²) in [5.74, 6) is 0.416. The van der Waals surface area contributed by atoms with Crippen LogP contribution in [0.3, 0.4) is 0 Å². The zero-order valence-electron chi connectivity index (χ0n) is 12.8. The van der Waals surface area contributed by atoms with Crippen molar-refractivity contribution in [2.45, 2.75) is 12.8 Å². The molecular weight excluding hydrogens is 264 g/mol. The molecule has 0 radical (unpaired) electrons. The maximum absolute atomic E-state index is 12.1. The van der Waals surface area contributed by atoms with Gasteiger partial charge in [0.25, 0.3) is 0 Å². The van der Waals surface area contributed by atoms with E-state index in [0.29, 0.717) is 5.92 Å². The zero-order valence-corrected chi connectivity index (χ0v) is 12.8. The molecule has 4 heteroatoms. The molecule has 1 heterocycles. The van der Waals surface area contributed by atoms with Gasteiger partial charge in [-0.05, 0) is 42.5 Å². The Morgan fingerprint density at radius 2 is 1.90 bits per heavy atom. The number of benzene rings is 1. The Morgan fingerprint density at radius 3 is 2.43 bits per heavy atom. The summed E-state index contributed by atoms with van der Waals surface area (Å²) in [5.41, 5.74) is 2.17. The van der Waals surface area contributed by atoms with Crippen molar-refractivity contribution in [3.63, 3.8) is 0 Å². The average Bonchev–Trinajstić information content (AvgIpc) is 2.53. The number of rotatable bonds is 4. The standard InChI is InChI=1S/C17H24N2O2/c1-18(2)16-6-3-14(4-7-16)5-8-17(21)19-11-9-15(13-20)10-12-19/h3-8,15,20H,9-13H2,1-2H3/b8-5+. The Balaban J connectivity index is 1.90. The van der Waals surface area contributed by atoms with Crippen LogP contribution in [0.25, 0.3) is 6.08 Å². The Morgan fingerprint density at radius 1 is 1.29 bits per heavy atom. The van der Waals surface area contributed by atoms with E-state index in [9.17, 15) is 4.79 Å². The number of hydrogen-bond acceptors (Lipinski definition) is 3. The van der Waals surface area contributed by atoms with Gasteiger partial charge in [-0.3, -0.25) is 4.79 Å². The summed E-state index contributed by atoms with van der Waals surface area (Å²) < 4.78 is 0. The van der Waals surface area contributed by atoms with E-state index in [2.05, 4.69) is 0 Å². The van der Waals surface area contributed by atoms with Gasteiger partial charge in [-0.1, -0.05) is 12.1 Å². The van der Waals surface area contributed by atoms with E-state index in [4.69, 9.17) is 5.11 Å². The fraction of sp³-hybridized carbons (Fsp3) is 0.471. The minimum absolute atomic E-state index is 0.0584. The lowest BCUT2D eigenvalue weighted by Gasteiger charge is -2.30. The molecule has 0 aliphatic carbocycles. The van der Waals surface area contributed by atoms with E-state index in [0.717, 1.165) is 37.2 Å². The highest BCUT2D eigenvalue weighted by Gasteiger charge is 2.20. The lowest BCUT2D eigenvalue weighted by atomic mass is 9.98. The molecule has 1 aliphatic heterocycles. The molecular formula is C17H24N2O2. The Bertz CT molecular complexity index is 486. The van der Waals surface area contributed by atoms with Crippen molar-refractivity contribution in [2.24, 2.45) is 5.92 Å². The smallest absolute Gasteiger partial charge is 0.246 e. The number of amides is 1. The Labute approximate surface area is 126 Å². The molecule has 0 bridgehead atoms. The lowest BCUT2D eigenvalue weighted by Crippen LogP contribution is -2.38. The molecule has 114 valence electrons. The first-order valence-corrected chi connectivity index (χ1v) is 7.45. The van der Waals surface area contributed by atoms with Crippen molar-refractivity contribution < 1.29 is 9.90 Å². The van der Waals surface area contributed by atoms with E-state index in [-0.39, 0.29) is 12.5 Å². The number of anilines is 1. The summed E-state index contributed by atoms with van der Waals surface area (Å²) >= 11 is 0. The number of carbonyl (C=O) groups excluding carboxylic acids is 1. The molecule has 0 saturated carbocycles. The molecule has 1 amide bonds. The summed E-state index contributed by atoms with van der Waals surface area (Å²) in [6, 6.07) is 8.10. The second-order valence-corrected chi connectivity index (χ2v) is 5.77. The van der Waals surface area contributed by atoms with E-state index in [1.807, 2.05) is 54.2 Å². The number of piperidine rings is 1. The molecule has 4 nitrogen and oxygen atoms in total. The maximum Gasteiger partial charge on any atom is 0.246 e. The van der Waals surface area contributed by atoms with Gasteiger partial charge in [-0.15, -0.1) is 0 Å². The van der Waals surface area contributed by atoms with Gasteiger partial charge in [-0.25, -0.2) is 0 Å². The summed E-state index contributed by atoms with van der Waals surface area (Å²) in [6.45, 7) is 1.72. The van der Waals surface area contributed by atoms with Crippen LogP contribution in [0, 0.1) is 5.92 Å². The molecule has 0 aromatic heterocycles. The van der Waals surface area contributed by atoms with Crippen LogP contribution in [-0.4, -0.2) is 49.7 Å². The minimum atomic E-state index is 0.0584. The molecule has 21 heavy (non-hydrogen) atoms. The molecule has 1 saturated heterocycles. The average molecular weight is 288 g/mol. The highest BCUT2D eigenvalue weighted by Crippen LogP contribution is 2.17. The topological polar surface area (TPSA) is 43.8 Å². The van der Waals surface area contributed by atoms with Crippen LogP contribution in [-0.2, 0) is 4.79 Å². The quantitative estimate of drug-likeness (QED) is 0.862. The second-order valence-electron chi connectivity index (χ2n) is 5.77. The van der Waals surface area contributed by atoms with Gasteiger partial charge < -0.3 is 14.9 Å². The summed E-state index contributed by atoms with van der Waals surface area (Å²) in [4.78, 5) is 16.0. The molecule has 0 spiro atoms. The number of aliphatic hydroxyl groups excluding tert-OH is 1. The van der Waals surface area contributed by atoms with Crippen LogP contribution in [0.4, 0.5) is 5.69 Å². The molecule has 1 fully saturated rings. The molecule has 2 rings (SSSR count). The number of aliphatic hydroxyl groups is 1. The first kappa shape index (κ1) is 15.6. The van der Waals surface area contributed by atoms with E-state index < -0.39 is 0 Å². The number of nitrogens with zero attached hydrogens (tertiary/aromatic N) is 2. The number of hydrogen-bond donors (Lipinski definition) is 1. The molecule has 1 N–H and O–H groups in total. The molecule has 1 aromatic carbocycles. The van der Waals surface area contributed by atoms with Gasteiger partial charge in [0.05, 0.1) is 0 Å². The normalized spacial score (nSPS) is 16.4. The molecule has 0 unspecified atom stereocenters. The van der Waals surface area contributed by atoms with Crippen LogP contribution in [0.1, 0.15) is 18.4 Å². The van der Waals surface area contributed by atoms with Crippen LogP contribution in [0.5, 0.6) is 0 Å². The number of likely N-dealkylation sites (tertiary alicyclic amines) is 1. The van der Waals surface area contributed by atoms with Gasteiger partial charge in [0.15, 0.2) is 0 Å². The van der Waals surface area contributed by atoms with Crippen LogP contribution < -0.4 is 4.90 Å². The van der Waals surface area contributed by atoms with Gasteiger partial charge in [0.2, 0.25) is 5.91 Å². The largest absolute Gasteiger partial charge is 0.396 e. The van der Waals surface area contributed by atoms with E-state index >= 15 is 0 Å². The summed E-state index contributed by atoms with van der Waals surface area (Å²) in [5, 5.41) is 9.11. The third kappa shape index (κ3) is 4.33. The van der Waals surface area contributed by atoms with Crippen molar-refractivity contribution in [1.29, 1.82) is 0 Å². The molecule has 0 atom stereocenters. The Hall–Kier alpha value is -1.81. The van der Waals surface area contributed by atoms with E-state index in [1.54, 1.807) is 6.08 Å². The van der Waals surface area contributed by atoms with E-state index in [1.165, 1.54) is 0 Å². The second kappa shape index (κ2) is 7.27. The highest BCUT2D eigenvalue weighted by atomic mass is 16.3. The van der Waals surface area contributed by atoms with Gasteiger partial charge in [0, 0.05) is 45.6 Å². The first-order valence-electron chi connectivity index (χ1n) is 7.45. The maximum atomic E-state index is 12.1. The van der Waals surface area contributed by atoms with Crippen molar-refractivity contribution >= 4 is 17.7 Å². The third-order valence-electron chi connectivity index (χ3n) is 4.01. The minimum Gasteiger partial charge on any atom is -0.396 e. The highest BCUT2D eigenvalue weighted by molar-refractivity contribution is 5.91. The fourth-order valence-corrected chi connectivity index (χ4v) is 2.49. The zero-order chi connectivity index (χ0) is 15.2. The van der Waals surface area contributed by atoms with Crippen molar-refractivity contribution in [1.82, 2.24) is 4.90 Å². The third-order valence-corrected chi connectivity index (χ3v) is 4.01.